The number of aryl methyl sites for hydroxylation is 1. The van der Waals surface area contributed by atoms with E-state index in [1.54, 1.807) is 12.4 Å². The fourth-order valence-electron chi connectivity index (χ4n) is 2.24. The molecule has 2 aromatic rings. The van der Waals surface area contributed by atoms with Crippen molar-refractivity contribution in [3.63, 3.8) is 0 Å². The maximum atomic E-state index is 6.01. The zero-order valence-corrected chi connectivity index (χ0v) is 9.13. The van der Waals surface area contributed by atoms with Gasteiger partial charge in [-0.25, -0.2) is 4.98 Å². The molecule has 2 atom stereocenters. The predicted octanol–water partition coefficient (Wildman–Crippen LogP) is 0.409. The Hall–Kier alpha value is -1.46. The summed E-state index contributed by atoms with van der Waals surface area (Å²) in [4.78, 5) is 8.66. The molecular weight excluding hydrogens is 204 g/mol. The largest absolute Gasteiger partial charge is 0.379 e. The molecule has 2 unspecified atom stereocenters. The van der Waals surface area contributed by atoms with E-state index >= 15 is 0 Å². The van der Waals surface area contributed by atoms with Gasteiger partial charge in [-0.15, -0.1) is 0 Å². The Morgan fingerprint density at radius 2 is 2.38 bits per heavy atom. The molecule has 1 fully saturated rings. The van der Waals surface area contributed by atoms with Crippen LogP contribution in [0, 0.1) is 0 Å². The minimum absolute atomic E-state index is 0.0449. The Morgan fingerprint density at radius 1 is 1.50 bits per heavy atom. The zero-order chi connectivity index (χ0) is 11.1. The molecule has 3 heterocycles. The molecule has 0 amide bonds. The van der Waals surface area contributed by atoms with Gasteiger partial charge in [0.1, 0.15) is 11.3 Å². The molecule has 0 aliphatic carbocycles. The Balaban J connectivity index is 2.13. The molecule has 5 nitrogen and oxygen atoms in total. The maximum Gasteiger partial charge on any atom is 0.116 e. The first-order chi connectivity index (χ1) is 7.77. The lowest BCUT2D eigenvalue weighted by Crippen LogP contribution is -2.28. The summed E-state index contributed by atoms with van der Waals surface area (Å²) in [6.45, 7) is 1.28. The molecule has 2 aromatic heterocycles. The SMILES string of the molecule is Cn1c(C2COCC2N)nc2cnccc21. The van der Waals surface area contributed by atoms with Crippen LogP contribution < -0.4 is 5.73 Å². The average molecular weight is 218 g/mol. The van der Waals surface area contributed by atoms with Gasteiger partial charge in [-0.3, -0.25) is 4.98 Å². The topological polar surface area (TPSA) is 66.0 Å². The van der Waals surface area contributed by atoms with Crippen LogP contribution in [0.2, 0.25) is 0 Å². The molecule has 0 spiro atoms. The second kappa shape index (κ2) is 3.54. The van der Waals surface area contributed by atoms with Crippen LogP contribution in [0.1, 0.15) is 11.7 Å². The van der Waals surface area contributed by atoms with Crippen molar-refractivity contribution in [1.29, 1.82) is 0 Å². The number of hydrogen-bond acceptors (Lipinski definition) is 4. The Labute approximate surface area is 93.2 Å². The van der Waals surface area contributed by atoms with Crippen molar-refractivity contribution in [2.75, 3.05) is 13.2 Å². The molecular formula is C11H14N4O. The molecule has 1 aliphatic heterocycles. The lowest BCUT2D eigenvalue weighted by atomic mass is 10.0. The second-order valence-electron chi connectivity index (χ2n) is 4.20. The first-order valence-electron chi connectivity index (χ1n) is 5.37. The van der Waals surface area contributed by atoms with E-state index in [9.17, 15) is 0 Å². The van der Waals surface area contributed by atoms with Crippen molar-refractivity contribution in [2.45, 2.75) is 12.0 Å². The van der Waals surface area contributed by atoms with Crippen LogP contribution in [0.15, 0.2) is 18.5 Å². The lowest BCUT2D eigenvalue weighted by molar-refractivity contribution is 0.190. The minimum atomic E-state index is 0.0449. The number of rotatable bonds is 1. The first-order valence-corrected chi connectivity index (χ1v) is 5.37. The third kappa shape index (κ3) is 1.32. The van der Waals surface area contributed by atoms with E-state index in [1.165, 1.54) is 0 Å². The summed E-state index contributed by atoms with van der Waals surface area (Å²) in [6.07, 6.45) is 3.55. The van der Waals surface area contributed by atoms with Crippen molar-refractivity contribution in [3.05, 3.63) is 24.3 Å². The second-order valence-corrected chi connectivity index (χ2v) is 4.20. The first kappa shape index (κ1) is 9.74. The van der Waals surface area contributed by atoms with Crippen molar-refractivity contribution < 1.29 is 4.74 Å². The fraction of sp³-hybridized carbons (Fsp3) is 0.455. The van der Waals surface area contributed by atoms with Crippen LogP contribution in [0.4, 0.5) is 0 Å². The van der Waals surface area contributed by atoms with Crippen LogP contribution in [0.25, 0.3) is 11.0 Å². The Morgan fingerprint density at radius 3 is 3.06 bits per heavy atom. The summed E-state index contributed by atoms with van der Waals surface area (Å²) in [5, 5.41) is 0. The highest BCUT2D eigenvalue weighted by atomic mass is 16.5. The smallest absolute Gasteiger partial charge is 0.116 e. The van der Waals surface area contributed by atoms with Gasteiger partial charge in [-0.2, -0.15) is 0 Å². The van der Waals surface area contributed by atoms with E-state index in [0.29, 0.717) is 13.2 Å². The maximum absolute atomic E-state index is 6.01. The molecule has 1 aliphatic rings. The monoisotopic (exact) mass is 218 g/mol. The average Bonchev–Trinajstić information content (AvgIpc) is 2.84. The van der Waals surface area contributed by atoms with Gasteiger partial charge in [-0.1, -0.05) is 0 Å². The molecule has 84 valence electrons. The van der Waals surface area contributed by atoms with Crippen molar-refractivity contribution in [1.82, 2.24) is 14.5 Å². The molecule has 0 aromatic carbocycles. The molecule has 1 saturated heterocycles. The number of fused-ring (bicyclic) bond motifs is 1. The molecule has 16 heavy (non-hydrogen) atoms. The molecule has 0 radical (unpaired) electrons. The number of aromatic nitrogens is 3. The Bertz CT molecular complexity index is 522. The summed E-state index contributed by atoms with van der Waals surface area (Å²) in [5.41, 5.74) is 8.01. The van der Waals surface area contributed by atoms with E-state index in [4.69, 9.17) is 10.5 Å². The van der Waals surface area contributed by atoms with E-state index in [0.717, 1.165) is 16.9 Å². The third-order valence-electron chi connectivity index (χ3n) is 3.17. The van der Waals surface area contributed by atoms with E-state index < -0.39 is 0 Å². The van der Waals surface area contributed by atoms with Gasteiger partial charge in [0.25, 0.3) is 0 Å². The number of hydrogen-bond donors (Lipinski definition) is 1. The fourth-order valence-corrected chi connectivity index (χ4v) is 2.24. The van der Waals surface area contributed by atoms with Crippen molar-refractivity contribution in [3.8, 4) is 0 Å². The third-order valence-corrected chi connectivity index (χ3v) is 3.17. The molecule has 3 rings (SSSR count). The van der Waals surface area contributed by atoms with Gasteiger partial charge in [0.05, 0.1) is 30.8 Å². The van der Waals surface area contributed by atoms with Gasteiger partial charge in [0, 0.05) is 19.3 Å². The number of nitrogens with zero attached hydrogens (tertiary/aromatic N) is 3. The van der Waals surface area contributed by atoms with Crippen LogP contribution >= 0.6 is 0 Å². The van der Waals surface area contributed by atoms with E-state index in [-0.39, 0.29) is 12.0 Å². The highest BCUT2D eigenvalue weighted by molar-refractivity contribution is 5.74. The van der Waals surface area contributed by atoms with Crippen LogP contribution in [-0.4, -0.2) is 33.8 Å². The van der Waals surface area contributed by atoms with Gasteiger partial charge in [-0.05, 0) is 6.07 Å². The highest BCUT2D eigenvalue weighted by Gasteiger charge is 2.30. The molecule has 0 saturated carbocycles. The summed E-state index contributed by atoms with van der Waals surface area (Å²) >= 11 is 0. The minimum Gasteiger partial charge on any atom is -0.379 e. The van der Waals surface area contributed by atoms with Crippen LogP contribution in [-0.2, 0) is 11.8 Å². The number of nitrogens with two attached hydrogens (primary N) is 1. The van der Waals surface area contributed by atoms with Crippen LogP contribution in [0.3, 0.4) is 0 Å². The lowest BCUT2D eigenvalue weighted by Gasteiger charge is -2.12. The summed E-state index contributed by atoms with van der Waals surface area (Å²) in [7, 11) is 2.01. The van der Waals surface area contributed by atoms with Gasteiger partial charge >= 0.3 is 0 Å². The van der Waals surface area contributed by atoms with Gasteiger partial charge in [0.2, 0.25) is 0 Å². The number of imidazole rings is 1. The van der Waals surface area contributed by atoms with Gasteiger partial charge < -0.3 is 15.0 Å². The quantitative estimate of drug-likeness (QED) is 0.753. The summed E-state index contributed by atoms with van der Waals surface area (Å²) < 4.78 is 7.46. The molecule has 2 N–H and O–H groups in total. The molecule has 5 heteroatoms. The summed E-state index contributed by atoms with van der Waals surface area (Å²) in [6, 6.07) is 2.01. The van der Waals surface area contributed by atoms with Crippen LogP contribution in [0.5, 0.6) is 0 Å². The predicted molar refractivity (Wildman–Crippen MR) is 60.0 cm³/mol. The highest BCUT2D eigenvalue weighted by Crippen LogP contribution is 2.26. The van der Waals surface area contributed by atoms with Gasteiger partial charge in [0.15, 0.2) is 0 Å². The molecule has 0 bridgehead atoms. The van der Waals surface area contributed by atoms with Crippen molar-refractivity contribution in [2.24, 2.45) is 12.8 Å². The van der Waals surface area contributed by atoms with Crippen molar-refractivity contribution >= 4 is 11.0 Å². The summed E-state index contributed by atoms with van der Waals surface area (Å²) in [5.74, 6) is 1.19. The standard InChI is InChI=1S/C11H14N4O/c1-15-10-2-3-13-4-9(10)14-11(15)7-5-16-6-8(7)12/h2-4,7-8H,5-6,12H2,1H3. The van der Waals surface area contributed by atoms with E-state index in [1.807, 2.05) is 13.1 Å². The number of ether oxygens (including phenoxy) is 1. The zero-order valence-electron chi connectivity index (χ0n) is 9.13. The van der Waals surface area contributed by atoms with E-state index in [2.05, 4.69) is 14.5 Å². The number of pyridine rings is 1. The Kier molecular flexibility index (Phi) is 2.15. The normalized spacial score (nSPS) is 25.4.